The van der Waals surface area contributed by atoms with Crippen LogP contribution in [0.3, 0.4) is 0 Å². The molecule has 112 valence electrons. The predicted molar refractivity (Wildman–Crippen MR) is 92.9 cm³/mol. The first kappa shape index (κ1) is 14.7. The molecule has 0 spiro atoms. The van der Waals surface area contributed by atoms with E-state index >= 15 is 0 Å². The molecule has 7 heteroatoms. The van der Waals surface area contributed by atoms with Gasteiger partial charge in [-0.15, -0.1) is 11.3 Å². The average molecular weight is 331 g/mol. The summed E-state index contributed by atoms with van der Waals surface area (Å²) in [5, 5.41) is 10.1. The molecular weight excluding hydrogens is 318 g/mol. The van der Waals surface area contributed by atoms with Gasteiger partial charge in [-0.05, 0) is 31.3 Å². The zero-order valence-corrected chi connectivity index (χ0v) is 13.6. The van der Waals surface area contributed by atoms with Crippen molar-refractivity contribution < 1.29 is 9.84 Å². The molecule has 0 bridgehead atoms. The van der Waals surface area contributed by atoms with E-state index in [1.807, 2.05) is 31.2 Å². The minimum absolute atomic E-state index is 0.227. The van der Waals surface area contributed by atoms with Crippen molar-refractivity contribution in [1.29, 1.82) is 0 Å². The number of thiocarbonyl (C=S) groups is 1. The third kappa shape index (κ3) is 2.38. The summed E-state index contributed by atoms with van der Waals surface area (Å²) in [7, 11) is 1.61. The van der Waals surface area contributed by atoms with E-state index in [0.29, 0.717) is 32.3 Å². The Hall–Kier alpha value is -2.25. The summed E-state index contributed by atoms with van der Waals surface area (Å²) in [6.45, 7) is 1.82. The molecule has 5 nitrogen and oxygen atoms in total. The van der Waals surface area contributed by atoms with Gasteiger partial charge >= 0.3 is 0 Å². The minimum atomic E-state index is -0.227. The Kier molecular flexibility index (Phi) is 3.67. The molecule has 2 aromatic heterocycles. The van der Waals surface area contributed by atoms with Gasteiger partial charge in [-0.25, -0.2) is 9.97 Å². The highest BCUT2D eigenvalue weighted by Crippen LogP contribution is 2.39. The lowest BCUT2D eigenvalue weighted by molar-refractivity contribution is 0.415. The lowest BCUT2D eigenvalue weighted by Gasteiger charge is -2.07. The van der Waals surface area contributed by atoms with Crippen molar-refractivity contribution in [2.45, 2.75) is 6.92 Å². The van der Waals surface area contributed by atoms with Gasteiger partial charge in [0.15, 0.2) is 0 Å². The van der Waals surface area contributed by atoms with Gasteiger partial charge < -0.3 is 15.6 Å². The number of aliphatic hydroxyl groups excluding tert-OH is 1. The molecule has 0 saturated carbocycles. The number of rotatable bonds is 3. The Morgan fingerprint density at radius 3 is 2.82 bits per heavy atom. The molecule has 0 aliphatic carbocycles. The zero-order chi connectivity index (χ0) is 15.9. The maximum atomic E-state index is 9.61. The van der Waals surface area contributed by atoms with Crippen LogP contribution in [0.5, 0.6) is 5.75 Å². The number of hydrogen-bond acceptors (Lipinski definition) is 6. The van der Waals surface area contributed by atoms with Crippen LogP contribution in [0.15, 0.2) is 24.3 Å². The van der Waals surface area contributed by atoms with Crippen LogP contribution in [0.1, 0.15) is 10.7 Å². The van der Waals surface area contributed by atoms with Crippen molar-refractivity contribution in [3.8, 4) is 17.0 Å². The average Bonchev–Trinajstić information content (AvgIpc) is 2.83. The van der Waals surface area contributed by atoms with Crippen LogP contribution in [-0.4, -0.2) is 27.2 Å². The summed E-state index contributed by atoms with van der Waals surface area (Å²) in [4.78, 5) is 10.1. The summed E-state index contributed by atoms with van der Waals surface area (Å²) < 4.78 is 5.26. The molecule has 0 aliphatic heterocycles. The van der Waals surface area contributed by atoms with Crippen LogP contribution in [0, 0.1) is 6.92 Å². The molecule has 3 aromatic rings. The Labute approximate surface area is 136 Å². The Morgan fingerprint density at radius 2 is 2.14 bits per heavy atom. The van der Waals surface area contributed by atoms with Gasteiger partial charge in [0.25, 0.3) is 0 Å². The lowest BCUT2D eigenvalue weighted by atomic mass is 10.1. The molecule has 3 N–H and O–H groups in total. The number of aryl methyl sites for hydroxylation is 1. The number of anilines is 1. The van der Waals surface area contributed by atoms with Crippen LogP contribution >= 0.6 is 23.6 Å². The van der Waals surface area contributed by atoms with Crippen molar-refractivity contribution in [1.82, 2.24) is 9.97 Å². The van der Waals surface area contributed by atoms with Gasteiger partial charge in [-0.1, -0.05) is 12.1 Å². The SMILES string of the molecule is COc1cccc(-c2nc(C)nc3sc(C(O)=S)c(N)c23)c1. The molecule has 2 heterocycles. The van der Waals surface area contributed by atoms with Crippen LogP contribution in [0.2, 0.25) is 0 Å². The molecule has 0 unspecified atom stereocenters. The number of benzene rings is 1. The topological polar surface area (TPSA) is 81.3 Å². The number of methoxy groups -OCH3 is 1. The molecule has 1 aromatic carbocycles. The van der Waals surface area contributed by atoms with Crippen LogP contribution in [0.25, 0.3) is 21.5 Å². The predicted octanol–water partition coefficient (Wildman–Crippen LogP) is 3.49. The molecule has 3 rings (SSSR count). The number of ether oxygens (including phenoxy) is 1. The Bertz CT molecular complexity index is 890. The molecule has 22 heavy (non-hydrogen) atoms. The molecule has 0 atom stereocenters. The number of thiophene rings is 1. The molecule has 0 aliphatic rings. The van der Waals surface area contributed by atoms with Crippen LogP contribution in [0.4, 0.5) is 5.69 Å². The largest absolute Gasteiger partial charge is 0.498 e. The summed E-state index contributed by atoms with van der Waals surface area (Å²) in [6.07, 6.45) is 0. The van der Waals surface area contributed by atoms with E-state index < -0.39 is 0 Å². The zero-order valence-electron chi connectivity index (χ0n) is 12.0. The van der Waals surface area contributed by atoms with Gasteiger partial charge in [0.2, 0.25) is 5.05 Å². The molecule has 0 radical (unpaired) electrons. The first-order valence-electron chi connectivity index (χ1n) is 6.45. The number of nitrogens with zero attached hydrogens (tertiary/aromatic N) is 2. The number of aliphatic hydroxyl groups is 1. The molecular formula is C15H13N3O2S2. The summed E-state index contributed by atoms with van der Waals surface area (Å²) in [5.74, 6) is 1.36. The highest BCUT2D eigenvalue weighted by Gasteiger charge is 2.19. The number of hydrogen-bond donors (Lipinski definition) is 2. The van der Waals surface area contributed by atoms with E-state index in [9.17, 15) is 5.11 Å². The highest BCUT2D eigenvalue weighted by atomic mass is 32.1. The summed E-state index contributed by atoms with van der Waals surface area (Å²) in [5.41, 5.74) is 8.13. The quantitative estimate of drug-likeness (QED) is 0.715. The number of nitrogens with two attached hydrogens (primary N) is 1. The van der Waals surface area contributed by atoms with Crippen molar-refractivity contribution in [2.24, 2.45) is 0 Å². The van der Waals surface area contributed by atoms with Gasteiger partial charge in [-0.3, -0.25) is 0 Å². The number of nitrogen functional groups attached to an aromatic ring is 1. The van der Waals surface area contributed by atoms with Crippen molar-refractivity contribution in [2.75, 3.05) is 12.8 Å². The van der Waals surface area contributed by atoms with E-state index in [0.717, 1.165) is 11.3 Å². The number of fused-ring (bicyclic) bond motifs is 1. The van der Waals surface area contributed by atoms with Gasteiger partial charge in [0, 0.05) is 5.56 Å². The Morgan fingerprint density at radius 1 is 1.36 bits per heavy atom. The van der Waals surface area contributed by atoms with Gasteiger partial charge in [-0.2, -0.15) is 0 Å². The first-order chi connectivity index (χ1) is 10.5. The second-order valence-electron chi connectivity index (χ2n) is 4.68. The minimum Gasteiger partial charge on any atom is -0.498 e. The second-order valence-corrected chi connectivity index (χ2v) is 6.07. The standard InChI is InChI=1S/C15H13N3O2S2/c1-7-17-12(8-4-3-5-9(6-8)20-2)10-11(16)13(15(19)21)22-14(10)18-7/h3-6H,16H2,1-2H3,(H,19,21). The smallest absolute Gasteiger partial charge is 0.201 e. The van der Waals surface area contributed by atoms with E-state index in [1.165, 1.54) is 11.3 Å². The number of aromatic nitrogens is 2. The fourth-order valence-electron chi connectivity index (χ4n) is 2.27. The summed E-state index contributed by atoms with van der Waals surface area (Å²) in [6, 6.07) is 7.56. The van der Waals surface area contributed by atoms with E-state index in [4.69, 9.17) is 22.7 Å². The lowest BCUT2D eigenvalue weighted by Crippen LogP contribution is -1.98. The van der Waals surface area contributed by atoms with E-state index in [1.54, 1.807) is 7.11 Å². The van der Waals surface area contributed by atoms with E-state index in [2.05, 4.69) is 9.97 Å². The van der Waals surface area contributed by atoms with Crippen molar-refractivity contribution in [3.05, 3.63) is 35.0 Å². The highest BCUT2D eigenvalue weighted by molar-refractivity contribution is 7.80. The van der Waals surface area contributed by atoms with Crippen LogP contribution in [-0.2, 0) is 0 Å². The third-order valence-corrected chi connectivity index (χ3v) is 4.68. The monoisotopic (exact) mass is 331 g/mol. The summed E-state index contributed by atoms with van der Waals surface area (Å²) >= 11 is 6.11. The Balaban J connectivity index is 2.35. The molecule has 0 fully saturated rings. The van der Waals surface area contributed by atoms with E-state index in [-0.39, 0.29) is 5.05 Å². The second kappa shape index (κ2) is 5.51. The van der Waals surface area contributed by atoms with Gasteiger partial charge in [0.05, 0.1) is 23.9 Å². The van der Waals surface area contributed by atoms with Gasteiger partial charge in [0.1, 0.15) is 21.3 Å². The maximum Gasteiger partial charge on any atom is 0.201 e. The normalized spacial score (nSPS) is 10.8. The first-order valence-corrected chi connectivity index (χ1v) is 7.68. The molecule has 0 amide bonds. The van der Waals surface area contributed by atoms with Crippen molar-refractivity contribution >= 4 is 44.5 Å². The maximum absolute atomic E-state index is 9.61. The van der Waals surface area contributed by atoms with Crippen LogP contribution < -0.4 is 10.5 Å². The fraction of sp³-hybridized carbons (Fsp3) is 0.133. The third-order valence-electron chi connectivity index (χ3n) is 3.24. The fourth-order valence-corrected chi connectivity index (χ4v) is 3.48. The molecule has 0 saturated heterocycles. The van der Waals surface area contributed by atoms with Crippen molar-refractivity contribution in [3.63, 3.8) is 0 Å².